The first kappa shape index (κ1) is 20.0. The molecule has 1 atom stereocenters. The number of rotatable bonds is 6. The zero-order chi connectivity index (χ0) is 20.1. The number of nitrogens with one attached hydrogen (secondary N) is 2. The molecule has 1 aromatic carbocycles. The molecule has 0 spiro atoms. The zero-order valence-corrected chi connectivity index (χ0v) is 16.7. The Bertz CT molecular complexity index is 880. The van der Waals surface area contributed by atoms with Gasteiger partial charge in [-0.15, -0.1) is 11.3 Å². The number of carbonyl (C=O) groups is 3. The van der Waals surface area contributed by atoms with Gasteiger partial charge in [-0.05, 0) is 43.7 Å². The monoisotopic (exact) mass is 401 g/mol. The Balaban J connectivity index is 1.57. The number of ether oxygens (including phenoxy) is 1. The van der Waals surface area contributed by atoms with Crippen molar-refractivity contribution in [1.82, 2.24) is 5.32 Å². The molecule has 1 aliphatic rings. The van der Waals surface area contributed by atoms with E-state index in [0.29, 0.717) is 24.3 Å². The summed E-state index contributed by atoms with van der Waals surface area (Å²) in [5, 5.41) is 5.18. The zero-order valence-electron chi connectivity index (χ0n) is 15.9. The normalized spacial score (nSPS) is 14.8. The van der Waals surface area contributed by atoms with Crippen LogP contribution in [0.1, 0.15) is 28.7 Å². The number of aryl methyl sites for hydroxylation is 1. The maximum atomic E-state index is 12.2. The van der Waals surface area contributed by atoms with E-state index in [2.05, 4.69) is 10.6 Å². The summed E-state index contributed by atoms with van der Waals surface area (Å²) in [6, 6.07) is 10.9. The predicted octanol–water partition coefficient (Wildman–Crippen LogP) is 2.63. The van der Waals surface area contributed by atoms with Crippen molar-refractivity contribution in [3.8, 4) is 0 Å². The van der Waals surface area contributed by atoms with Gasteiger partial charge in [0.05, 0.1) is 0 Å². The van der Waals surface area contributed by atoms with Gasteiger partial charge in [-0.25, -0.2) is 0 Å². The van der Waals surface area contributed by atoms with Gasteiger partial charge < -0.3 is 20.3 Å². The van der Waals surface area contributed by atoms with Crippen LogP contribution in [0.25, 0.3) is 0 Å². The molecule has 3 rings (SSSR count). The first-order valence-electron chi connectivity index (χ1n) is 9.06. The van der Waals surface area contributed by atoms with Crippen molar-refractivity contribution in [2.24, 2.45) is 0 Å². The Kier molecular flexibility index (Phi) is 6.43. The van der Waals surface area contributed by atoms with Gasteiger partial charge in [0.25, 0.3) is 0 Å². The molecule has 8 heteroatoms. The van der Waals surface area contributed by atoms with E-state index in [1.807, 2.05) is 25.1 Å². The van der Waals surface area contributed by atoms with Crippen LogP contribution in [0.5, 0.6) is 0 Å². The summed E-state index contributed by atoms with van der Waals surface area (Å²) in [6.45, 7) is 2.86. The second-order valence-electron chi connectivity index (χ2n) is 6.54. The summed E-state index contributed by atoms with van der Waals surface area (Å²) in [6.07, 6.45) is 1.05. The number of benzene rings is 1. The Hall–Kier alpha value is -2.71. The van der Waals surface area contributed by atoms with Crippen molar-refractivity contribution >= 4 is 40.4 Å². The summed E-state index contributed by atoms with van der Waals surface area (Å²) in [7, 11) is 1.57. The summed E-state index contributed by atoms with van der Waals surface area (Å²) >= 11 is 1.59. The Morgan fingerprint density at radius 1 is 1.25 bits per heavy atom. The average molecular weight is 401 g/mol. The van der Waals surface area contributed by atoms with E-state index < -0.39 is 11.8 Å². The van der Waals surface area contributed by atoms with Gasteiger partial charge in [-0.1, -0.05) is 6.07 Å². The maximum Gasteiger partial charge on any atom is 0.313 e. The van der Waals surface area contributed by atoms with Gasteiger partial charge in [0.15, 0.2) is 0 Å². The van der Waals surface area contributed by atoms with Crippen LogP contribution in [0.4, 0.5) is 11.4 Å². The van der Waals surface area contributed by atoms with Crippen molar-refractivity contribution in [3.05, 3.63) is 46.2 Å². The van der Waals surface area contributed by atoms with E-state index in [0.717, 1.165) is 16.2 Å². The highest BCUT2D eigenvalue weighted by Crippen LogP contribution is 2.25. The van der Waals surface area contributed by atoms with E-state index in [4.69, 9.17) is 4.74 Å². The smallest absolute Gasteiger partial charge is 0.313 e. The third-order valence-electron chi connectivity index (χ3n) is 4.51. The van der Waals surface area contributed by atoms with E-state index in [1.165, 1.54) is 0 Å². The Morgan fingerprint density at radius 2 is 2.07 bits per heavy atom. The van der Waals surface area contributed by atoms with Crippen LogP contribution < -0.4 is 15.5 Å². The molecule has 0 unspecified atom stereocenters. The highest BCUT2D eigenvalue weighted by atomic mass is 32.1. The number of nitrogens with zero attached hydrogens (tertiary/aromatic N) is 1. The maximum absolute atomic E-state index is 12.2. The molecular formula is C20H23N3O4S. The fraction of sp³-hybridized carbons (Fsp3) is 0.350. The minimum atomic E-state index is -0.762. The second-order valence-corrected chi connectivity index (χ2v) is 7.86. The number of anilines is 2. The topological polar surface area (TPSA) is 87.7 Å². The molecular weight excluding hydrogens is 378 g/mol. The molecule has 1 aromatic heterocycles. The molecule has 148 valence electrons. The molecule has 2 N–H and O–H groups in total. The lowest BCUT2D eigenvalue weighted by Gasteiger charge is -2.17. The first-order valence-corrected chi connectivity index (χ1v) is 9.88. The van der Waals surface area contributed by atoms with Crippen molar-refractivity contribution in [3.63, 3.8) is 0 Å². The lowest BCUT2D eigenvalue weighted by atomic mass is 10.2. The number of hydrogen-bond donors (Lipinski definition) is 2. The van der Waals surface area contributed by atoms with Crippen molar-refractivity contribution < 1.29 is 19.1 Å². The molecule has 2 heterocycles. The molecule has 2 aromatic rings. The molecule has 3 amide bonds. The first-order chi connectivity index (χ1) is 13.5. The Morgan fingerprint density at radius 3 is 2.71 bits per heavy atom. The minimum absolute atomic E-state index is 0.0654. The quantitative estimate of drug-likeness (QED) is 0.729. The van der Waals surface area contributed by atoms with Gasteiger partial charge in [0.1, 0.15) is 6.10 Å². The molecule has 0 bridgehead atoms. The average Bonchev–Trinajstić information content (AvgIpc) is 3.30. The van der Waals surface area contributed by atoms with Crippen molar-refractivity contribution in [2.45, 2.75) is 25.9 Å². The number of hydrogen-bond acceptors (Lipinski definition) is 5. The van der Waals surface area contributed by atoms with Crippen LogP contribution in [0.15, 0.2) is 36.4 Å². The van der Waals surface area contributed by atoms with Crippen LogP contribution >= 0.6 is 11.3 Å². The van der Waals surface area contributed by atoms with E-state index in [-0.39, 0.29) is 18.6 Å². The van der Waals surface area contributed by atoms with E-state index in [9.17, 15) is 14.4 Å². The lowest BCUT2D eigenvalue weighted by Crippen LogP contribution is -2.37. The van der Waals surface area contributed by atoms with E-state index >= 15 is 0 Å². The van der Waals surface area contributed by atoms with Crippen LogP contribution in [-0.4, -0.2) is 37.9 Å². The number of thiophene rings is 1. The lowest BCUT2D eigenvalue weighted by molar-refractivity contribution is -0.136. The summed E-state index contributed by atoms with van der Waals surface area (Å²) in [4.78, 5) is 40.1. The molecule has 7 nitrogen and oxygen atoms in total. The van der Waals surface area contributed by atoms with Crippen LogP contribution in [0.2, 0.25) is 0 Å². The van der Waals surface area contributed by atoms with E-state index in [1.54, 1.807) is 41.5 Å². The fourth-order valence-electron chi connectivity index (χ4n) is 3.05. The molecule has 0 aliphatic carbocycles. The molecule has 1 saturated heterocycles. The fourth-order valence-corrected chi connectivity index (χ4v) is 4.01. The minimum Gasteiger partial charge on any atom is -0.374 e. The highest BCUT2D eigenvalue weighted by molar-refractivity contribution is 7.12. The molecule has 1 fully saturated rings. The van der Waals surface area contributed by atoms with Gasteiger partial charge in [-0.2, -0.15) is 0 Å². The van der Waals surface area contributed by atoms with Crippen molar-refractivity contribution in [1.29, 1.82) is 0 Å². The predicted molar refractivity (Wildman–Crippen MR) is 108 cm³/mol. The van der Waals surface area contributed by atoms with Gasteiger partial charge in [0.2, 0.25) is 5.91 Å². The van der Waals surface area contributed by atoms with Gasteiger partial charge >= 0.3 is 11.8 Å². The Labute approximate surface area is 167 Å². The molecule has 0 saturated carbocycles. The van der Waals surface area contributed by atoms with Gasteiger partial charge in [-0.3, -0.25) is 14.4 Å². The molecule has 0 radical (unpaired) electrons. The molecule has 1 aliphatic heterocycles. The van der Waals surface area contributed by atoms with Gasteiger partial charge in [0, 0.05) is 47.7 Å². The largest absolute Gasteiger partial charge is 0.374 e. The number of amides is 3. The summed E-state index contributed by atoms with van der Waals surface area (Å²) in [5.74, 6) is -1.43. The second kappa shape index (κ2) is 8.99. The highest BCUT2D eigenvalue weighted by Gasteiger charge is 2.22. The van der Waals surface area contributed by atoms with Crippen molar-refractivity contribution in [2.75, 3.05) is 30.4 Å². The summed E-state index contributed by atoms with van der Waals surface area (Å²) in [5.41, 5.74) is 1.18. The third-order valence-corrected chi connectivity index (χ3v) is 5.60. The number of methoxy groups -OCH3 is 1. The summed E-state index contributed by atoms with van der Waals surface area (Å²) < 4.78 is 5.41. The third kappa shape index (κ3) is 4.76. The van der Waals surface area contributed by atoms with Crippen LogP contribution in [0.3, 0.4) is 0 Å². The standard InChI is InChI=1S/C20H23N3O4S/c1-13-8-9-17(28-13)16(27-2)12-21-19(25)20(26)22-14-5-3-6-15(11-14)23-10-4-7-18(23)24/h3,5-6,8-9,11,16H,4,7,10,12H2,1-2H3,(H,21,25)(H,22,26)/t16-/m1/s1. The van der Waals surface area contributed by atoms with Crippen LogP contribution in [-0.2, 0) is 19.1 Å². The number of carbonyl (C=O) groups excluding carboxylic acids is 3. The van der Waals surface area contributed by atoms with Crippen LogP contribution in [0, 0.1) is 6.92 Å². The SMILES string of the molecule is CO[C@H](CNC(=O)C(=O)Nc1cccc(N2CCCC2=O)c1)c1ccc(C)s1. The molecule has 28 heavy (non-hydrogen) atoms.